The molecule has 5 heteroatoms. The summed E-state index contributed by atoms with van der Waals surface area (Å²) in [6, 6.07) is 10.5. The van der Waals surface area contributed by atoms with Crippen LogP contribution < -0.4 is 10.9 Å². The van der Waals surface area contributed by atoms with Gasteiger partial charge in [-0.1, -0.05) is 12.1 Å². The van der Waals surface area contributed by atoms with Crippen LogP contribution in [0.25, 0.3) is 10.9 Å². The van der Waals surface area contributed by atoms with Crippen molar-refractivity contribution in [3.05, 3.63) is 58.6 Å². The van der Waals surface area contributed by atoms with E-state index in [0.717, 1.165) is 5.52 Å². The maximum absolute atomic E-state index is 12.7. The van der Waals surface area contributed by atoms with Gasteiger partial charge in [0.15, 0.2) is 5.88 Å². The Labute approximate surface area is 127 Å². The summed E-state index contributed by atoms with van der Waals surface area (Å²) in [5.74, 6) is 0.583. The van der Waals surface area contributed by atoms with Crippen LogP contribution in [0.5, 0.6) is 5.75 Å². The monoisotopic (exact) mass is 298 g/mol. The smallest absolute Gasteiger partial charge is 0.260 e. The fraction of sp³-hybridized carbons (Fsp3) is 0.235. The summed E-state index contributed by atoms with van der Waals surface area (Å²) >= 11 is 0. The summed E-state index contributed by atoms with van der Waals surface area (Å²) in [5.41, 5.74) is 0.892. The minimum Gasteiger partial charge on any atom is -0.507 e. The first-order valence-electron chi connectivity index (χ1n) is 7.28. The fourth-order valence-corrected chi connectivity index (χ4v) is 2.76. The van der Waals surface area contributed by atoms with Gasteiger partial charge in [0.25, 0.3) is 5.56 Å². The minimum atomic E-state index is -0.374. The standard InChI is InChI=1S/C17H18N2O3/c1-3-19-13-8-5-4-7-12(13)16(20)15(17(19)21)11(2)18-14-9-6-10-22-14/h4-11,18,20H,3H2,1-2H3/t11-/m1/s1. The summed E-state index contributed by atoms with van der Waals surface area (Å²) < 4.78 is 6.92. The number of anilines is 1. The predicted octanol–water partition coefficient (Wildman–Crippen LogP) is 3.49. The van der Waals surface area contributed by atoms with Crippen molar-refractivity contribution in [1.82, 2.24) is 4.57 Å². The van der Waals surface area contributed by atoms with E-state index in [4.69, 9.17) is 4.42 Å². The van der Waals surface area contributed by atoms with Crippen molar-refractivity contribution in [3.8, 4) is 5.75 Å². The zero-order valence-corrected chi connectivity index (χ0v) is 12.5. The maximum atomic E-state index is 12.7. The second-order valence-corrected chi connectivity index (χ2v) is 5.17. The molecule has 2 N–H and O–H groups in total. The van der Waals surface area contributed by atoms with Crippen molar-refractivity contribution in [2.45, 2.75) is 26.4 Å². The summed E-state index contributed by atoms with van der Waals surface area (Å²) in [4.78, 5) is 12.7. The molecule has 22 heavy (non-hydrogen) atoms. The normalized spacial score (nSPS) is 12.5. The Kier molecular flexibility index (Phi) is 3.63. The van der Waals surface area contributed by atoms with Gasteiger partial charge >= 0.3 is 0 Å². The number of fused-ring (bicyclic) bond motifs is 1. The molecular weight excluding hydrogens is 280 g/mol. The van der Waals surface area contributed by atoms with Crippen LogP contribution in [-0.2, 0) is 6.54 Å². The van der Waals surface area contributed by atoms with E-state index in [1.54, 1.807) is 23.0 Å². The molecular formula is C17H18N2O3. The summed E-state index contributed by atoms with van der Waals surface area (Å²) in [5, 5.41) is 14.3. The van der Waals surface area contributed by atoms with Crippen molar-refractivity contribution < 1.29 is 9.52 Å². The average molecular weight is 298 g/mol. The highest BCUT2D eigenvalue weighted by Gasteiger charge is 2.20. The van der Waals surface area contributed by atoms with Crippen molar-refractivity contribution in [2.24, 2.45) is 0 Å². The molecule has 0 aliphatic carbocycles. The first kappa shape index (κ1) is 14.3. The van der Waals surface area contributed by atoms with E-state index in [2.05, 4.69) is 5.32 Å². The van der Waals surface area contributed by atoms with Gasteiger partial charge in [-0.2, -0.15) is 0 Å². The molecule has 0 spiro atoms. The Morgan fingerprint density at radius 1 is 1.27 bits per heavy atom. The van der Waals surface area contributed by atoms with E-state index in [1.807, 2.05) is 38.1 Å². The number of benzene rings is 1. The van der Waals surface area contributed by atoms with Crippen LogP contribution in [0, 0.1) is 0 Å². The van der Waals surface area contributed by atoms with Crippen LogP contribution >= 0.6 is 0 Å². The molecule has 0 aliphatic rings. The lowest BCUT2D eigenvalue weighted by Gasteiger charge is -2.18. The highest BCUT2D eigenvalue weighted by atomic mass is 16.3. The topological polar surface area (TPSA) is 67.4 Å². The van der Waals surface area contributed by atoms with Gasteiger partial charge in [-0.15, -0.1) is 0 Å². The number of nitrogens with one attached hydrogen (secondary N) is 1. The zero-order valence-electron chi connectivity index (χ0n) is 12.5. The summed E-state index contributed by atoms with van der Waals surface area (Å²) in [6.45, 7) is 4.28. The molecule has 114 valence electrons. The first-order valence-corrected chi connectivity index (χ1v) is 7.28. The van der Waals surface area contributed by atoms with E-state index in [-0.39, 0.29) is 17.4 Å². The van der Waals surface area contributed by atoms with Crippen molar-refractivity contribution in [1.29, 1.82) is 0 Å². The largest absolute Gasteiger partial charge is 0.507 e. The maximum Gasteiger partial charge on any atom is 0.260 e. The van der Waals surface area contributed by atoms with Gasteiger partial charge in [-0.05, 0) is 32.0 Å². The lowest BCUT2D eigenvalue weighted by atomic mass is 10.0. The molecule has 2 heterocycles. The lowest BCUT2D eigenvalue weighted by Crippen LogP contribution is -2.27. The van der Waals surface area contributed by atoms with Crippen LogP contribution in [0.4, 0.5) is 5.88 Å². The van der Waals surface area contributed by atoms with E-state index in [0.29, 0.717) is 23.4 Å². The lowest BCUT2D eigenvalue weighted by molar-refractivity contribution is 0.466. The van der Waals surface area contributed by atoms with Crippen molar-refractivity contribution >= 4 is 16.8 Å². The highest BCUT2D eigenvalue weighted by molar-refractivity contribution is 5.86. The third kappa shape index (κ3) is 2.24. The van der Waals surface area contributed by atoms with E-state index in [1.165, 1.54) is 0 Å². The van der Waals surface area contributed by atoms with Gasteiger partial charge < -0.3 is 19.4 Å². The molecule has 3 aromatic rings. The molecule has 2 aromatic heterocycles. The van der Waals surface area contributed by atoms with Gasteiger partial charge in [0.05, 0.1) is 23.4 Å². The Morgan fingerprint density at radius 3 is 2.73 bits per heavy atom. The van der Waals surface area contributed by atoms with Gasteiger partial charge in [0.1, 0.15) is 5.75 Å². The third-order valence-corrected chi connectivity index (χ3v) is 3.81. The number of aromatic hydroxyl groups is 1. The Hall–Kier alpha value is -2.69. The number of nitrogens with zero attached hydrogens (tertiary/aromatic N) is 1. The summed E-state index contributed by atoms with van der Waals surface area (Å²) in [6.07, 6.45) is 1.56. The highest BCUT2D eigenvalue weighted by Crippen LogP contribution is 2.31. The van der Waals surface area contributed by atoms with Crippen LogP contribution in [0.2, 0.25) is 0 Å². The zero-order chi connectivity index (χ0) is 15.7. The van der Waals surface area contributed by atoms with Crippen LogP contribution in [-0.4, -0.2) is 9.67 Å². The van der Waals surface area contributed by atoms with Crippen LogP contribution in [0.3, 0.4) is 0 Å². The number of pyridine rings is 1. The number of aryl methyl sites for hydroxylation is 1. The molecule has 3 rings (SSSR count). The Bertz CT molecular complexity index is 850. The second kappa shape index (κ2) is 5.60. The first-order chi connectivity index (χ1) is 10.6. The van der Waals surface area contributed by atoms with E-state index >= 15 is 0 Å². The van der Waals surface area contributed by atoms with Gasteiger partial charge in [-0.3, -0.25) is 4.79 Å². The minimum absolute atomic E-state index is 0.0249. The predicted molar refractivity (Wildman–Crippen MR) is 86.3 cm³/mol. The molecule has 5 nitrogen and oxygen atoms in total. The molecule has 1 atom stereocenters. The van der Waals surface area contributed by atoms with E-state index < -0.39 is 0 Å². The summed E-state index contributed by atoms with van der Waals surface area (Å²) in [7, 11) is 0. The number of rotatable bonds is 4. The fourth-order valence-electron chi connectivity index (χ4n) is 2.76. The molecule has 0 bridgehead atoms. The molecule has 0 aliphatic heterocycles. The van der Waals surface area contributed by atoms with E-state index in [9.17, 15) is 9.90 Å². The molecule has 1 aromatic carbocycles. The van der Waals surface area contributed by atoms with Crippen molar-refractivity contribution in [3.63, 3.8) is 0 Å². The number of furan rings is 1. The Morgan fingerprint density at radius 2 is 2.05 bits per heavy atom. The Balaban J connectivity index is 2.18. The average Bonchev–Trinajstić information content (AvgIpc) is 3.01. The van der Waals surface area contributed by atoms with Crippen LogP contribution in [0.1, 0.15) is 25.5 Å². The second-order valence-electron chi connectivity index (χ2n) is 5.17. The van der Waals surface area contributed by atoms with Gasteiger partial charge in [-0.25, -0.2) is 0 Å². The SMILES string of the molecule is CCn1c(=O)c([C@@H](C)Nc2ccco2)c(O)c2ccccc21. The number of para-hydroxylation sites is 1. The van der Waals surface area contributed by atoms with Crippen LogP contribution in [0.15, 0.2) is 51.9 Å². The van der Waals surface area contributed by atoms with Crippen molar-refractivity contribution in [2.75, 3.05) is 5.32 Å². The number of aromatic nitrogens is 1. The molecule has 0 radical (unpaired) electrons. The molecule has 0 saturated carbocycles. The number of hydrogen-bond donors (Lipinski definition) is 2. The number of hydrogen-bond acceptors (Lipinski definition) is 4. The van der Waals surface area contributed by atoms with Gasteiger partial charge in [0.2, 0.25) is 0 Å². The molecule has 0 unspecified atom stereocenters. The third-order valence-electron chi connectivity index (χ3n) is 3.81. The molecule has 0 fully saturated rings. The molecule has 0 amide bonds. The quantitative estimate of drug-likeness (QED) is 0.773. The van der Waals surface area contributed by atoms with Gasteiger partial charge in [0, 0.05) is 18.0 Å². The molecule has 0 saturated heterocycles.